The Kier molecular flexibility index (Phi) is 4.78. The van der Waals surface area contributed by atoms with Crippen LogP contribution in [0.4, 0.5) is 0 Å². The van der Waals surface area contributed by atoms with Crippen LogP contribution in [0.2, 0.25) is 0 Å². The molecule has 3 nitrogen and oxygen atoms in total. The molecule has 0 aromatic rings. The number of aldehydes is 1. The summed E-state index contributed by atoms with van der Waals surface area (Å²) in [6, 6.07) is 0. The molecule has 0 unspecified atom stereocenters. The number of carbonyl (C=O) groups excluding carboxylic acids is 2. The number of allylic oxidation sites excluding steroid dienone is 2. The van der Waals surface area contributed by atoms with E-state index in [4.69, 9.17) is 6.42 Å². The molecule has 0 radical (unpaired) electrons. The van der Waals surface area contributed by atoms with Gasteiger partial charge < -0.3 is 4.90 Å². The van der Waals surface area contributed by atoms with Gasteiger partial charge in [-0.3, -0.25) is 9.59 Å². The van der Waals surface area contributed by atoms with Gasteiger partial charge in [0.15, 0.2) is 0 Å². The Balaban J connectivity index is 3.02. The second-order valence-electron chi connectivity index (χ2n) is 3.96. The normalized spacial score (nSPS) is 16.2. The highest BCUT2D eigenvalue weighted by atomic mass is 16.2. The summed E-state index contributed by atoms with van der Waals surface area (Å²) in [4.78, 5) is 24.0. The Morgan fingerprint density at radius 3 is 2.69 bits per heavy atom. The zero-order valence-electron chi connectivity index (χ0n) is 9.66. The second-order valence-corrected chi connectivity index (χ2v) is 3.96. The molecular weight excluding hydrogens is 202 g/mol. The lowest BCUT2D eigenvalue weighted by Crippen LogP contribution is -2.29. The third kappa shape index (κ3) is 2.96. The lowest BCUT2D eigenvalue weighted by atomic mass is 10.1. The van der Waals surface area contributed by atoms with Crippen molar-refractivity contribution in [1.82, 2.24) is 4.90 Å². The van der Waals surface area contributed by atoms with Crippen LogP contribution in [0.3, 0.4) is 0 Å². The number of rotatable bonds is 3. The van der Waals surface area contributed by atoms with E-state index in [0.717, 1.165) is 49.7 Å². The monoisotopic (exact) mass is 219 g/mol. The first-order valence-electron chi connectivity index (χ1n) is 5.59. The van der Waals surface area contributed by atoms with Gasteiger partial charge in [0.2, 0.25) is 5.91 Å². The first-order chi connectivity index (χ1) is 7.70. The van der Waals surface area contributed by atoms with Crippen molar-refractivity contribution < 1.29 is 9.59 Å². The van der Waals surface area contributed by atoms with Crippen LogP contribution < -0.4 is 0 Å². The predicted molar refractivity (Wildman–Crippen MR) is 62.4 cm³/mol. The minimum absolute atomic E-state index is 0.0887. The fraction of sp³-hybridized carbons (Fsp3) is 0.538. The van der Waals surface area contributed by atoms with Gasteiger partial charge in [0, 0.05) is 18.2 Å². The Labute approximate surface area is 96.5 Å². The van der Waals surface area contributed by atoms with Crippen LogP contribution in [-0.2, 0) is 9.59 Å². The highest BCUT2D eigenvalue weighted by Gasteiger charge is 2.19. The van der Waals surface area contributed by atoms with E-state index >= 15 is 0 Å². The molecule has 0 heterocycles. The molecule has 0 saturated carbocycles. The van der Waals surface area contributed by atoms with E-state index in [0.29, 0.717) is 0 Å². The number of hydrogen-bond acceptors (Lipinski definition) is 2. The minimum Gasteiger partial charge on any atom is -0.304 e. The first kappa shape index (κ1) is 12.5. The van der Waals surface area contributed by atoms with Crippen molar-refractivity contribution in [1.29, 1.82) is 0 Å². The zero-order chi connectivity index (χ0) is 12.0. The van der Waals surface area contributed by atoms with Gasteiger partial charge in [-0.25, -0.2) is 0 Å². The highest BCUT2D eigenvalue weighted by molar-refractivity contribution is 5.80. The summed E-state index contributed by atoms with van der Waals surface area (Å²) in [6.07, 6.45) is 10.8. The number of terminal acetylenes is 1. The Morgan fingerprint density at radius 2 is 2.12 bits per heavy atom. The van der Waals surface area contributed by atoms with E-state index in [-0.39, 0.29) is 12.5 Å². The summed E-state index contributed by atoms with van der Waals surface area (Å²) < 4.78 is 0. The van der Waals surface area contributed by atoms with Crippen molar-refractivity contribution in [3.63, 3.8) is 0 Å². The third-order valence-corrected chi connectivity index (χ3v) is 2.83. The van der Waals surface area contributed by atoms with Gasteiger partial charge in [0.1, 0.15) is 6.29 Å². The van der Waals surface area contributed by atoms with Crippen molar-refractivity contribution >= 4 is 12.2 Å². The molecular formula is C13H17NO2. The van der Waals surface area contributed by atoms with E-state index in [1.807, 2.05) is 0 Å². The van der Waals surface area contributed by atoms with Crippen LogP contribution in [0.25, 0.3) is 0 Å². The van der Waals surface area contributed by atoms with Crippen LogP contribution in [0.15, 0.2) is 11.3 Å². The van der Waals surface area contributed by atoms with Crippen molar-refractivity contribution in [3.05, 3.63) is 11.3 Å². The Bertz CT molecular complexity index is 349. The van der Waals surface area contributed by atoms with Crippen LogP contribution >= 0.6 is 0 Å². The smallest absolute Gasteiger partial charge is 0.224 e. The van der Waals surface area contributed by atoms with Gasteiger partial charge in [-0.2, -0.15) is 0 Å². The molecule has 0 saturated heterocycles. The average molecular weight is 219 g/mol. The van der Waals surface area contributed by atoms with E-state index in [1.54, 1.807) is 4.90 Å². The topological polar surface area (TPSA) is 37.4 Å². The molecule has 0 aromatic heterocycles. The van der Waals surface area contributed by atoms with Crippen LogP contribution in [0, 0.1) is 12.3 Å². The van der Waals surface area contributed by atoms with Crippen molar-refractivity contribution in [2.75, 3.05) is 6.54 Å². The molecule has 1 amide bonds. The van der Waals surface area contributed by atoms with E-state index in [1.165, 1.54) is 6.92 Å². The van der Waals surface area contributed by atoms with Gasteiger partial charge in [-0.05, 0) is 25.7 Å². The molecule has 0 atom stereocenters. The van der Waals surface area contributed by atoms with E-state index in [9.17, 15) is 9.59 Å². The lowest BCUT2D eigenvalue weighted by Gasteiger charge is -2.23. The third-order valence-electron chi connectivity index (χ3n) is 2.83. The summed E-state index contributed by atoms with van der Waals surface area (Å²) in [5, 5.41) is 0. The first-order valence-corrected chi connectivity index (χ1v) is 5.59. The average Bonchev–Trinajstić information content (AvgIpc) is 2.50. The van der Waals surface area contributed by atoms with Crippen LogP contribution in [0.5, 0.6) is 0 Å². The highest BCUT2D eigenvalue weighted by Crippen LogP contribution is 2.25. The predicted octanol–water partition coefficient (Wildman–Crippen LogP) is 1.89. The van der Waals surface area contributed by atoms with Crippen LogP contribution in [-0.4, -0.2) is 23.6 Å². The molecule has 16 heavy (non-hydrogen) atoms. The maximum Gasteiger partial charge on any atom is 0.224 e. The Morgan fingerprint density at radius 1 is 1.44 bits per heavy atom. The lowest BCUT2D eigenvalue weighted by molar-refractivity contribution is -0.126. The zero-order valence-corrected chi connectivity index (χ0v) is 9.66. The van der Waals surface area contributed by atoms with E-state index < -0.39 is 0 Å². The number of hydrogen-bond donors (Lipinski definition) is 0. The number of amides is 1. The summed E-state index contributed by atoms with van der Waals surface area (Å²) >= 11 is 0. The number of nitrogens with zero attached hydrogens (tertiary/aromatic N) is 1. The molecule has 0 N–H and O–H groups in total. The Hall–Kier alpha value is -1.56. The maximum atomic E-state index is 11.5. The molecule has 3 heteroatoms. The van der Waals surface area contributed by atoms with Crippen molar-refractivity contribution in [3.8, 4) is 12.3 Å². The van der Waals surface area contributed by atoms with Crippen LogP contribution in [0.1, 0.15) is 39.0 Å². The standard InChI is InChI=1S/C13H17NO2/c1-3-9-14(11(2)16)13-8-6-4-5-7-12(13)10-15/h1,10H,4-9H2,2H3. The second kappa shape index (κ2) is 6.12. The van der Waals surface area contributed by atoms with Gasteiger partial charge in [0.05, 0.1) is 6.54 Å². The van der Waals surface area contributed by atoms with E-state index in [2.05, 4.69) is 5.92 Å². The van der Waals surface area contributed by atoms with Gasteiger partial charge in [0.25, 0.3) is 0 Å². The SMILES string of the molecule is C#CCN(C(C)=O)C1=C(C=O)CCCCC1. The van der Waals surface area contributed by atoms with Gasteiger partial charge in [-0.1, -0.05) is 12.3 Å². The summed E-state index contributed by atoms with van der Waals surface area (Å²) in [6.45, 7) is 1.74. The molecule has 1 aliphatic carbocycles. The summed E-state index contributed by atoms with van der Waals surface area (Å²) in [7, 11) is 0. The van der Waals surface area contributed by atoms with Crippen molar-refractivity contribution in [2.24, 2.45) is 0 Å². The molecule has 0 aliphatic heterocycles. The largest absolute Gasteiger partial charge is 0.304 e. The van der Waals surface area contributed by atoms with Gasteiger partial charge in [-0.15, -0.1) is 6.42 Å². The molecule has 0 fully saturated rings. The molecule has 1 aliphatic rings. The molecule has 0 spiro atoms. The maximum absolute atomic E-state index is 11.5. The summed E-state index contributed by atoms with van der Waals surface area (Å²) in [5.41, 5.74) is 1.57. The fourth-order valence-electron chi connectivity index (χ4n) is 2.01. The molecule has 0 aromatic carbocycles. The fourth-order valence-corrected chi connectivity index (χ4v) is 2.01. The number of carbonyl (C=O) groups is 2. The van der Waals surface area contributed by atoms with Crippen molar-refractivity contribution in [2.45, 2.75) is 39.0 Å². The van der Waals surface area contributed by atoms with Gasteiger partial charge >= 0.3 is 0 Å². The summed E-state index contributed by atoms with van der Waals surface area (Å²) in [5.74, 6) is 2.38. The molecule has 86 valence electrons. The quantitative estimate of drug-likeness (QED) is 0.537. The molecule has 1 rings (SSSR count). The minimum atomic E-state index is -0.0887. The molecule has 0 bridgehead atoms.